The van der Waals surface area contributed by atoms with Crippen LogP contribution in [0.2, 0.25) is 0 Å². The molecule has 1 aromatic heterocycles. The zero-order valence-electron chi connectivity index (χ0n) is 11.5. The highest BCUT2D eigenvalue weighted by Crippen LogP contribution is 2.17. The molecule has 0 aliphatic heterocycles. The van der Waals surface area contributed by atoms with Crippen molar-refractivity contribution in [1.82, 2.24) is 14.8 Å². The van der Waals surface area contributed by atoms with Gasteiger partial charge in [0.2, 0.25) is 0 Å². The lowest BCUT2D eigenvalue weighted by Gasteiger charge is -2.00. The summed E-state index contributed by atoms with van der Waals surface area (Å²) in [5.41, 5.74) is 2.68. The van der Waals surface area contributed by atoms with E-state index in [9.17, 15) is 4.79 Å². The summed E-state index contributed by atoms with van der Waals surface area (Å²) in [6.45, 7) is 2.00. The van der Waals surface area contributed by atoms with Crippen molar-refractivity contribution in [1.29, 1.82) is 0 Å². The highest BCUT2D eigenvalue weighted by atomic mass is 16.1. The molecule has 0 radical (unpaired) electrons. The Morgan fingerprint density at radius 1 is 1.30 bits per heavy atom. The Bertz CT molecular complexity index is 734. The smallest absolute Gasteiger partial charge is 0.288 e. The molecular weight excluding hydrogens is 250 g/mol. The van der Waals surface area contributed by atoms with Gasteiger partial charge in [0.1, 0.15) is 0 Å². The van der Waals surface area contributed by atoms with Crippen LogP contribution in [0.15, 0.2) is 47.3 Å². The zero-order valence-corrected chi connectivity index (χ0v) is 11.5. The molecule has 0 atom stereocenters. The molecule has 3 rings (SSSR count). The number of hydrogen-bond acceptors (Lipinski definition) is 2. The van der Waals surface area contributed by atoms with E-state index in [1.807, 2.05) is 37.3 Å². The van der Waals surface area contributed by atoms with E-state index in [1.54, 1.807) is 0 Å². The van der Waals surface area contributed by atoms with E-state index in [1.165, 1.54) is 4.68 Å². The van der Waals surface area contributed by atoms with Crippen molar-refractivity contribution in [2.45, 2.75) is 26.2 Å². The fourth-order valence-corrected chi connectivity index (χ4v) is 2.34. The molecule has 0 bridgehead atoms. The number of nitrogens with one attached hydrogen (secondary N) is 1. The van der Waals surface area contributed by atoms with Gasteiger partial charge in [-0.15, -0.1) is 5.10 Å². The van der Waals surface area contributed by atoms with Crippen LogP contribution >= 0.6 is 0 Å². The van der Waals surface area contributed by atoms with E-state index in [4.69, 9.17) is 0 Å². The maximum Gasteiger partial charge on any atom is 0.348 e. The predicted octanol–water partition coefficient (Wildman–Crippen LogP) is 2.99. The van der Waals surface area contributed by atoms with E-state index < -0.39 is 0 Å². The molecule has 0 unspecified atom stereocenters. The number of benzene rings is 1. The minimum absolute atomic E-state index is 0.204. The molecule has 0 saturated carbocycles. The quantitative estimate of drug-likeness (QED) is 0.909. The van der Waals surface area contributed by atoms with E-state index >= 15 is 0 Å². The summed E-state index contributed by atoms with van der Waals surface area (Å²) in [4.78, 5) is 14.9. The molecule has 20 heavy (non-hydrogen) atoms. The number of rotatable bonds is 2. The van der Waals surface area contributed by atoms with E-state index in [0.29, 0.717) is 5.82 Å². The summed E-state index contributed by atoms with van der Waals surface area (Å²) in [6.07, 6.45) is 9.52. The van der Waals surface area contributed by atoms with Gasteiger partial charge in [0, 0.05) is 5.57 Å². The largest absolute Gasteiger partial charge is 0.348 e. The molecule has 1 N–H and O–H groups in total. The van der Waals surface area contributed by atoms with Crippen LogP contribution in [0.5, 0.6) is 0 Å². The second-order valence-corrected chi connectivity index (χ2v) is 5.02. The molecule has 1 aromatic carbocycles. The Hall–Kier alpha value is -2.36. The first-order valence-electron chi connectivity index (χ1n) is 6.87. The predicted molar refractivity (Wildman–Crippen MR) is 79.9 cm³/mol. The van der Waals surface area contributed by atoms with Gasteiger partial charge in [-0.3, -0.25) is 4.98 Å². The zero-order chi connectivity index (χ0) is 13.9. The van der Waals surface area contributed by atoms with Crippen LogP contribution in [-0.4, -0.2) is 14.8 Å². The third kappa shape index (κ3) is 2.50. The van der Waals surface area contributed by atoms with Crippen LogP contribution in [0.1, 0.15) is 30.7 Å². The lowest BCUT2D eigenvalue weighted by Crippen LogP contribution is -2.15. The standard InChI is InChI=1S/C16H17N3O/c1-12-7-6-10-14(11-12)19-16(20)17-15(18-19)13-8-4-2-3-5-9-13/h4,6-11H,2-3,5H2,1H3,(H,17,18,20). The number of H-pyrrole nitrogens is 1. The van der Waals surface area contributed by atoms with Crippen molar-refractivity contribution in [3.8, 4) is 5.69 Å². The number of aromatic nitrogens is 3. The van der Waals surface area contributed by atoms with Crippen molar-refractivity contribution in [3.05, 3.63) is 64.4 Å². The van der Waals surface area contributed by atoms with Gasteiger partial charge in [-0.05, 0) is 43.9 Å². The lowest BCUT2D eigenvalue weighted by molar-refractivity contribution is 0.838. The summed E-state index contributed by atoms with van der Waals surface area (Å²) in [7, 11) is 0. The van der Waals surface area contributed by atoms with Crippen molar-refractivity contribution in [3.63, 3.8) is 0 Å². The molecule has 0 amide bonds. The Morgan fingerprint density at radius 3 is 3.05 bits per heavy atom. The van der Waals surface area contributed by atoms with Crippen LogP contribution in [-0.2, 0) is 0 Å². The molecule has 102 valence electrons. The van der Waals surface area contributed by atoms with Gasteiger partial charge in [-0.25, -0.2) is 4.79 Å². The first kappa shape index (κ1) is 12.7. The average molecular weight is 267 g/mol. The van der Waals surface area contributed by atoms with Crippen molar-refractivity contribution in [2.24, 2.45) is 0 Å². The van der Waals surface area contributed by atoms with Crippen molar-refractivity contribution < 1.29 is 0 Å². The molecule has 0 saturated heterocycles. The Labute approximate surface area is 117 Å². The molecule has 0 spiro atoms. The Morgan fingerprint density at radius 2 is 2.20 bits per heavy atom. The summed E-state index contributed by atoms with van der Waals surface area (Å²) in [5, 5.41) is 4.42. The fourth-order valence-electron chi connectivity index (χ4n) is 2.34. The number of allylic oxidation sites excluding steroid dienone is 4. The summed E-state index contributed by atoms with van der Waals surface area (Å²) < 4.78 is 1.42. The average Bonchev–Trinajstić information content (AvgIpc) is 2.65. The topological polar surface area (TPSA) is 50.7 Å². The number of aryl methyl sites for hydroxylation is 1. The van der Waals surface area contributed by atoms with Gasteiger partial charge < -0.3 is 0 Å². The van der Waals surface area contributed by atoms with Gasteiger partial charge in [0.25, 0.3) is 0 Å². The first-order chi connectivity index (χ1) is 9.74. The number of nitrogens with zero attached hydrogens (tertiary/aromatic N) is 2. The van der Waals surface area contributed by atoms with Crippen LogP contribution in [0.3, 0.4) is 0 Å². The van der Waals surface area contributed by atoms with E-state index in [2.05, 4.69) is 22.2 Å². The maximum absolute atomic E-state index is 12.1. The molecule has 1 aliphatic rings. The minimum Gasteiger partial charge on any atom is -0.288 e. The highest BCUT2D eigenvalue weighted by Gasteiger charge is 2.10. The summed E-state index contributed by atoms with van der Waals surface area (Å²) >= 11 is 0. The molecule has 1 heterocycles. The lowest BCUT2D eigenvalue weighted by atomic mass is 10.2. The fraction of sp³-hybridized carbons (Fsp3) is 0.250. The second-order valence-electron chi connectivity index (χ2n) is 5.02. The Kier molecular flexibility index (Phi) is 3.37. The number of hydrogen-bond donors (Lipinski definition) is 1. The first-order valence-corrected chi connectivity index (χ1v) is 6.87. The summed E-state index contributed by atoms with van der Waals surface area (Å²) in [6, 6.07) is 7.76. The monoisotopic (exact) mass is 267 g/mol. The van der Waals surface area contributed by atoms with Gasteiger partial charge in [0.15, 0.2) is 5.82 Å². The van der Waals surface area contributed by atoms with Gasteiger partial charge in [-0.1, -0.05) is 30.4 Å². The SMILES string of the molecule is Cc1cccc(-n2nc(C3=CCCCC=C3)[nH]c2=O)c1. The molecule has 4 nitrogen and oxygen atoms in total. The molecule has 1 aliphatic carbocycles. The normalized spacial score (nSPS) is 14.9. The molecule has 4 heteroatoms. The van der Waals surface area contributed by atoms with Crippen LogP contribution in [0.25, 0.3) is 11.3 Å². The van der Waals surface area contributed by atoms with Crippen LogP contribution in [0, 0.1) is 6.92 Å². The second kappa shape index (κ2) is 5.33. The van der Waals surface area contributed by atoms with Gasteiger partial charge in [0.05, 0.1) is 5.69 Å². The Balaban J connectivity index is 2.03. The number of aromatic amines is 1. The van der Waals surface area contributed by atoms with Crippen LogP contribution < -0.4 is 5.69 Å². The van der Waals surface area contributed by atoms with Crippen molar-refractivity contribution >= 4 is 5.57 Å². The molecular formula is C16H17N3O. The van der Waals surface area contributed by atoms with E-state index in [0.717, 1.165) is 36.1 Å². The van der Waals surface area contributed by atoms with E-state index in [-0.39, 0.29) is 5.69 Å². The third-order valence-corrected chi connectivity index (χ3v) is 3.37. The highest BCUT2D eigenvalue weighted by molar-refractivity contribution is 5.69. The molecule has 2 aromatic rings. The third-order valence-electron chi connectivity index (χ3n) is 3.37. The van der Waals surface area contributed by atoms with Crippen LogP contribution in [0.4, 0.5) is 0 Å². The minimum atomic E-state index is -0.204. The van der Waals surface area contributed by atoms with Gasteiger partial charge in [-0.2, -0.15) is 4.68 Å². The van der Waals surface area contributed by atoms with Gasteiger partial charge >= 0.3 is 5.69 Å². The maximum atomic E-state index is 12.1. The molecule has 0 fully saturated rings. The summed E-state index contributed by atoms with van der Waals surface area (Å²) in [5.74, 6) is 0.634. The van der Waals surface area contributed by atoms with Crippen molar-refractivity contribution in [2.75, 3.05) is 0 Å².